The minimum atomic E-state index is -0.344. The molecule has 1 aliphatic heterocycles. The van der Waals surface area contributed by atoms with E-state index in [9.17, 15) is 5.26 Å². The first-order valence-corrected chi connectivity index (χ1v) is 9.79. The highest BCUT2D eigenvalue weighted by atomic mass is 35.5. The number of hydrogen-bond donors (Lipinski definition) is 1. The third kappa shape index (κ3) is 2.60. The van der Waals surface area contributed by atoms with Crippen LogP contribution in [0.15, 0.2) is 18.2 Å². The summed E-state index contributed by atoms with van der Waals surface area (Å²) >= 11 is 0. The third-order valence-electron chi connectivity index (χ3n) is 7.26. The number of fused-ring (bicyclic) bond motifs is 6. The van der Waals surface area contributed by atoms with Crippen LogP contribution < -0.4 is 14.8 Å². The van der Waals surface area contributed by atoms with Crippen molar-refractivity contribution in [1.29, 1.82) is 5.26 Å². The molecule has 4 aliphatic rings. The Morgan fingerprint density at radius 1 is 1.19 bits per heavy atom. The van der Waals surface area contributed by atoms with Gasteiger partial charge in [0.1, 0.15) is 18.8 Å². The molecule has 3 aliphatic carbocycles. The lowest BCUT2D eigenvalue weighted by Crippen LogP contribution is -2.52. The fourth-order valence-corrected chi connectivity index (χ4v) is 6.27. The van der Waals surface area contributed by atoms with E-state index in [-0.39, 0.29) is 24.0 Å². The number of rotatable bonds is 3. The van der Waals surface area contributed by atoms with Gasteiger partial charge in [0.05, 0.1) is 6.07 Å². The molecule has 0 amide bonds. The van der Waals surface area contributed by atoms with Gasteiger partial charge in [-0.2, -0.15) is 5.26 Å². The molecule has 1 aromatic carbocycles. The largest absolute Gasteiger partial charge is 0.486 e. The number of ether oxygens (including phenoxy) is 2. The molecule has 3 fully saturated rings. The van der Waals surface area contributed by atoms with E-state index < -0.39 is 0 Å². The van der Waals surface area contributed by atoms with Gasteiger partial charge in [-0.25, -0.2) is 0 Å². The predicted octanol–water partition coefficient (Wildman–Crippen LogP) is 4.25. The van der Waals surface area contributed by atoms with Crippen LogP contribution in [-0.2, 0) is 0 Å². The van der Waals surface area contributed by atoms with Crippen LogP contribution in [0, 0.1) is 35.0 Å². The number of halogens is 1. The zero-order valence-electron chi connectivity index (χ0n) is 15.2. The summed E-state index contributed by atoms with van der Waals surface area (Å²) in [7, 11) is 0. The van der Waals surface area contributed by atoms with Gasteiger partial charge in [-0.05, 0) is 74.0 Å². The van der Waals surface area contributed by atoms with Crippen molar-refractivity contribution < 1.29 is 9.47 Å². The molecule has 0 radical (unpaired) electrons. The first-order chi connectivity index (χ1) is 12.2. The molecule has 140 valence electrons. The Balaban J connectivity index is 0.00000168. The van der Waals surface area contributed by atoms with E-state index in [0.717, 1.165) is 35.7 Å². The Hall–Kier alpha value is -1.44. The molecule has 6 unspecified atom stereocenters. The highest BCUT2D eigenvalue weighted by Crippen LogP contribution is 2.62. The van der Waals surface area contributed by atoms with E-state index in [0.29, 0.717) is 19.1 Å². The molecule has 1 heterocycles. The second-order valence-corrected chi connectivity index (χ2v) is 8.42. The zero-order chi connectivity index (χ0) is 17.0. The minimum absolute atomic E-state index is 0. The Morgan fingerprint density at radius 2 is 1.96 bits per heavy atom. The number of benzene rings is 1. The molecular weight excluding hydrogens is 348 g/mol. The number of nitriles is 1. The highest BCUT2D eigenvalue weighted by molar-refractivity contribution is 5.85. The summed E-state index contributed by atoms with van der Waals surface area (Å²) in [4.78, 5) is 0. The van der Waals surface area contributed by atoms with E-state index in [1.54, 1.807) is 0 Å². The third-order valence-corrected chi connectivity index (χ3v) is 7.26. The maximum absolute atomic E-state index is 10.1. The average molecular weight is 375 g/mol. The van der Waals surface area contributed by atoms with Gasteiger partial charge in [0.15, 0.2) is 11.5 Å². The predicted molar refractivity (Wildman–Crippen MR) is 102 cm³/mol. The monoisotopic (exact) mass is 374 g/mol. The smallest absolute Gasteiger partial charge is 0.161 e. The van der Waals surface area contributed by atoms with Crippen molar-refractivity contribution >= 4 is 12.4 Å². The summed E-state index contributed by atoms with van der Waals surface area (Å²) < 4.78 is 11.3. The van der Waals surface area contributed by atoms with Gasteiger partial charge in [-0.15, -0.1) is 12.4 Å². The van der Waals surface area contributed by atoms with Crippen molar-refractivity contribution in [2.24, 2.45) is 23.7 Å². The fraction of sp³-hybridized carbons (Fsp3) is 0.667. The summed E-state index contributed by atoms with van der Waals surface area (Å²) in [6.45, 7) is 3.39. The standard InChI is InChI=1S/C21H26N2O2.ClH/c1-13(14-5-6-19-20(10-14)25-8-7-24-19)23-21(12-22)11-15-9-18(21)17-4-2-3-16(15)17;/h5-6,10,13,15-18,23H,2-4,7-9,11H2,1H3;1H. The van der Waals surface area contributed by atoms with Crippen LogP contribution in [0.5, 0.6) is 11.5 Å². The van der Waals surface area contributed by atoms with Crippen molar-refractivity contribution in [2.45, 2.75) is 50.6 Å². The second kappa shape index (κ2) is 6.62. The van der Waals surface area contributed by atoms with E-state index in [4.69, 9.17) is 9.47 Å². The van der Waals surface area contributed by atoms with Crippen molar-refractivity contribution in [2.75, 3.05) is 13.2 Å². The maximum Gasteiger partial charge on any atom is 0.161 e. The van der Waals surface area contributed by atoms with E-state index in [1.807, 2.05) is 6.07 Å². The summed E-state index contributed by atoms with van der Waals surface area (Å²) in [5, 5.41) is 13.8. The molecule has 5 rings (SSSR count). The Labute approximate surface area is 161 Å². The number of hydrogen-bond acceptors (Lipinski definition) is 4. The molecule has 4 nitrogen and oxygen atoms in total. The Kier molecular flexibility index (Phi) is 4.57. The normalized spacial score (nSPS) is 37.5. The van der Waals surface area contributed by atoms with Gasteiger partial charge < -0.3 is 9.47 Å². The van der Waals surface area contributed by atoms with E-state index >= 15 is 0 Å². The summed E-state index contributed by atoms with van der Waals surface area (Å²) in [5.41, 5.74) is 0.827. The molecule has 0 saturated heterocycles. The van der Waals surface area contributed by atoms with Crippen molar-refractivity contribution in [3.63, 3.8) is 0 Å². The maximum atomic E-state index is 10.1. The minimum Gasteiger partial charge on any atom is -0.486 e. The van der Waals surface area contributed by atoms with Crippen LogP contribution in [0.3, 0.4) is 0 Å². The topological polar surface area (TPSA) is 54.3 Å². The van der Waals surface area contributed by atoms with Gasteiger partial charge in [0.25, 0.3) is 0 Å². The molecular formula is C21H27ClN2O2. The van der Waals surface area contributed by atoms with E-state index in [2.05, 4.69) is 30.4 Å². The Morgan fingerprint density at radius 3 is 2.77 bits per heavy atom. The van der Waals surface area contributed by atoms with Crippen molar-refractivity contribution in [1.82, 2.24) is 5.32 Å². The lowest BCUT2D eigenvalue weighted by molar-refractivity contribution is 0.153. The first kappa shape index (κ1) is 17.9. The van der Waals surface area contributed by atoms with E-state index in [1.165, 1.54) is 31.2 Å². The van der Waals surface area contributed by atoms with Crippen molar-refractivity contribution in [3.05, 3.63) is 23.8 Å². The molecule has 6 atom stereocenters. The molecule has 1 N–H and O–H groups in total. The van der Waals surface area contributed by atoms with Crippen LogP contribution in [0.25, 0.3) is 0 Å². The molecule has 5 heteroatoms. The lowest BCUT2D eigenvalue weighted by Gasteiger charge is -2.40. The van der Waals surface area contributed by atoms with Crippen LogP contribution in [0.4, 0.5) is 0 Å². The van der Waals surface area contributed by atoms with Crippen molar-refractivity contribution in [3.8, 4) is 17.6 Å². The zero-order valence-corrected chi connectivity index (χ0v) is 16.1. The quantitative estimate of drug-likeness (QED) is 0.859. The molecule has 2 bridgehead atoms. The molecule has 26 heavy (non-hydrogen) atoms. The summed E-state index contributed by atoms with van der Waals surface area (Å²) in [5.74, 6) is 4.63. The van der Waals surface area contributed by atoms with Crippen LogP contribution in [0.1, 0.15) is 50.6 Å². The first-order valence-electron chi connectivity index (χ1n) is 9.79. The SMILES string of the molecule is CC(NC1(C#N)CC2CC1C1CCCC21)c1ccc2c(c1)OCCO2.Cl. The fourth-order valence-electron chi connectivity index (χ4n) is 6.27. The molecule has 3 saturated carbocycles. The number of nitrogens with one attached hydrogen (secondary N) is 1. The lowest BCUT2D eigenvalue weighted by atomic mass is 9.71. The van der Waals surface area contributed by atoms with Gasteiger partial charge >= 0.3 is 0 Å². The highest BCUT2D eigenvalue weighted by Gasteiger charge is 2.61. The van der Waals surface area contributed by atoms with Gasteiger partial charge in [-0.1, -0.05) is 12.5 Å². The van der Waals surface area contributed by atoms with Gasteiger partial charge in [0, 0.05) is 6.04 Å². The van der Waals surface area contributed by atoms with Crippen LogP contribution >= 0.6 is 12.4 Å². The molecule has 0 aromatic heterocycles. The van der Waals surface area contributed by atoms with Gasteiger partial charge in [0.2, 0.25) is 0 Å². The number of nitrogens with zero attached hydrogens (tertiary/aromatic N) is 1. The van der Waals surface area contributed by atoms with Gasteiger partial charge in [-0.3, -0.25) is 5.32 Å². The molecule has 1 aromatic rings. The summed E-state index contributed by atoms with van der Waals surface area (Å²) in [6, 6.07) is 9.02. The molecule has 0 spiro atoms. The summed E-state index contributed by atoms with van der Waals surface area (Å²) in [6.07, 6.45) is 6.37. The Bertz CT molecular complexity index is 733. The van der Waals surface area contributed by atoms with Crippen LogP contribution in [0.2, 0.25) is 0 Å². The van der Waals surface area contributed by atoms with Crippen LogP contribution in [-0.4, -0.2) is 18.8 Å². The second-order valence-electron chi connectivity index (χ2n) is 8.42. The average Bonchev–Trinajstić information content (AvgIpc) is 3.33.